The predicted molar refractivity (Wildman–Crippen MR) is 97.8 cm³/mol. The minimum absolute atomic E-state index is 0.652. The molecular formula is C19H25ClN2. The van der Waals surface area contributed by atoms with Crippen LogP contribution >= 0.6 is 11.6 Å². The Hall–Kier alpha value is -1.80. The summed E-state index contributed by atoms with van der Waals surface area (Å²) in [6, 6.07) is 1.95. The number of nitrogens with one attached hydrogen (secondary N) is 1. The Kier molecular flexibility index (Phi) is 8.31. The molecule has 0 aliphatic heterocycles. The lowest BCUT2D eigenvalue weighted by atomic mass is 9.94. The highest BCUT2D eigenvalue weighted by molar-refractivity contribution is 6.32. The molecule has 0 aliphatic carbocycles. The van der Waals surface area contributed by atoms with Crippen molar-refractivity contribution in [2.24, 2.45) is 0 Å². The van der Waals surface area contributed by atoms with E-state index in [0.29, 0.717) is 5.02 Å². The molecule has 0 aliphatic rings. The number of pyridine rings is 1. The van der Waals surface area contributed by atoms with Crippen molar-refractivity contribution < 1.29 is 0 Å². The van der Waals surface area contributed by atoms with Gasteiger partial charge in [0.15, 0.2) is 0 Å². The van der Waals surface area contributed by atoms with Crippen LogP contribution in [0.25, 0.3) is 5.70 Å². The number of aromatic nitrogens is 1. The van der Waals surface area contributed by atoms with E-state index in [-0.39, 0.29) is 0 Å². The summed E-state index contributed by atoms with van der Waals surface area (Å²) in [5.74, 6) is 0. The molecule has 1 aromatic heterocycles. The Morgan fingerprint density at radius 1 is 1.45 bits per heavy atom. The van der Waals surface area contributed by atoms with Crippen LogP contribution in [0, 0.1) is 0 Å². The van der Waals surface area contributed by atoms with Crippen LogP contribution < -0.4 is 5.32 Å². The number of nitrogens with zero attached hydrogens (tertiary/aromatic N) is 1. The van der Waals surface area contributed by atoms with Crippen LogP contribution in [0.3, 0.4) is 0 Å². The molecule has 1 rings (SSSR count). The Morgan fingerprint density at radius 3 is 2.77 bits per heavy atom. The summed E-state index contributed by atoms with van der Waals surface area (Å²) in [5, 5.41) is 3.98. The largest absolute Gasteiger partial charge is 0.387 e. The number of rotatable bonds is 8. The van der Waals surface area contributed by atoms with E-state index in [1.807, 2.05) is 38.3 Å². The van der Waals surface area contributed by atoms with E-state index >= 15 is 0 Å². The third-order valence-electron chi connectivity index (χ3n) is 3.37. The van der Waals surface area contributed by atoms with Crippen LogP contribution in [0.5, 0.6) is 0 Å². The molecule has 0 fully saturated rings. The molecule has 0 radical (unpaired) electrons. The smallest absolute Gasteiger partial charge is 0.0682 e. The van der Waals surface area contributed by atoms with Gasteiger partial charge < -0.3 is 5.32 Å². The number of halogens is 1. The zero-order valence-electron chi connectivity index (χ0n) is 13.7. The summed E-state index contributed by atoms with van der Waals surface area (Å²) >= 11 is 6.34. The monoisotopic (exact) mass is 316 g/mol. The molecular weight excluding hydrogens is 292 g/mol. The Bertz CT molecular complexity index is 583. The second-order valence-electron chi connectivity index (χ2n) is 4.92. The molecule has 0 saturated carbocycles. The van der Waals surface area contributed by atoms with Gasteiger partial charge in [-0.05, 0) is 37.0 Å². The van der Waals surface area contributed by atoms with Crippen molar-refractivity contribution in [3.05, 3.63) is 71.1 Å². The molecule has 0 saturated heterocycles. The van der Waals surface area contributed by atoms with Gasteiger partial charge in [-0.2, -0.15) is 0 Å². The van der Waals surface area contributed by atoms with E-state index in [1.54, 1.807) is 12.4 Å². The molecule has 0 aromatic carbocycles. The van der Waals surface area contributed by atoms with E-state index in [4.69, 9.17) is 11.6 Å². The molecule has 2 nitrogen and oxygen atoms in total. The first-order valence-corrected chi connectivity index (χ1v) is 8.03. The lowest BCUT2D eigenvalue weighted by Crippen LogP contribution is -2.10. The average Bonchev–Trinajstić information content (AvgIpc) is 2.52. The van der Waals surface area contributed by atoms with Crippen molar-refractivity contribution in [1.29, 1.82) is 0 Å². The average molecular weight is 317 g/mol. The van der Waals surface area contributed by atoms with Crippen LogP contribution in [-0.2, 0) is 0 Å². The zero-order valence-corrected chi connectivity index (χ0v) is 14.5. The van der Waals surface area contributed by atoms with Gasteiger partial charge in [0.2, 0.25) is 0 Å². The number of hydrogen-bond donors (Lipinski definition) is 1. The Balaban J connectivity index is 3.51. The summed E-state index contributed by atoms with van der Waals surface area (Å²) in [4.78, 5) is 4.07. The molecule has 0 bridgehead atoms. The van der Waals surface area contributed by atoms with Crippen LogP contribution in [0.4, 0.5) is 0 Å². The second-order valence-corrected chi connectivity index (χ2v) is 5.33. The van der Waals surface area contributed by atoms with Crippen molar-refractivity contribution in [2.75, 3.05) is 7.05 Å². The van der Waals surface area contributed by atoms with Crippen molar-refractivity contribution in [3.8, 4) is 0 Å². The number of unbranched alkanes of at least 4 members (excludes halogenated alkanes) is 1. The topological polar surface area (TPSA) is 24.9 Å². The van der Waals surface area contributed by atoms with E-state index in [9.17, 15) is 0 Å². The molecule has 1 aromatic rings. The quantitative estimate of drug-likeness (QED) is 0.636. The van der Waals surface area contributed by atoms with Crippen molar-refractivity contribution in [2.45, 2.75) is 33.1 Å². The van der Waals surface area contributed by atoms with Crippen molar-refractivity contribution >= 4 is 17.3 Å². The standard InChI is InChI=1S/C19H25ClN2/c1-5-8-11-16(15(9-6-2)10-7-3)19(21-4)17-12-13-22-14-18(17)20/h6-7,9-10,12-14,21H,2,5,8,11H2,1,3-4H3/b10-7-,15-9+,19-16+. The summed E-state index contributed by atoms with van der Waals surface area (Å²) in [5.41, 5.74) is 4.43. The number of allylic oxidation sites excluding steroid dienone is 6. The third kappa shape index (κ3) is 4.88. The van der Waals surface area contributed by atoms with Gasteiger partial charge >= 0.3 is 0 Å². The van der Waals surface area contributed by atoms with Gasteiger partial charge in [0.1, 0.15) is 0 Å². The van der Waals surface area contributed by atoms with Crippen LogP contribution in [-0.4, -0.2) is 12.0 Å². The normalized spacial score (nSPS) is 13.2. The van der Waals surface area contributed by atoms with E-state index in [1.165, 1.54) is 5.57 Å². The fourth-order valence-electron chi connectivity index (χ4n) is 2.36. The summed E-state index contributed by atoms with van der Waals surface area (Å²) in [6.07, 6.45) is 14.7. The third-order valence-corrected chi connectivity index (χ3v) is 3.67. The number of hydrogen-bond acceptors (Lipinski definition) is 2. The highest BCUT2D eigenvalue weighted by Crippen LogP contribution is 2.30. The molecule has 0 amide bonds. The van der Waals surface area contributed by atoms with Gasteiger partial charge in [0.05, 0.1) is 5.02 Å². The first-order chi connectivity index (χ1) is 10.7. The van der Waals surface area contributed by atoms with E-state index < -0.39 is 0 Å². The fraction of sp³-hybridized carbons (Fsp3) is 0.316. The molecule has 0 spiro atoms. The molecule has 1 N–H and O–H groups in total. The maximum Gasteiger partial charge on any atom is 0.0682 e. The Morgan fingerprint density at radius 2 is 2.23 bits per heavy atom. The molecule has 0 unspecified atom stereocenters. The van der Waals surface area contributed by atoms with Crippen molar-refractivity contribution in [1.82, 2.24) is 10.3 Å². The Labute approximate surface area is 139 Å². The lowest BCUT2D eigenvalue weighted by Gasteiger charge is -2.17. The van der Waals surface area contributed by atoms with Gasteiger partial charge in [-0.25, -0.2) is 0 Å². The second kappa shape index (κ2) is 10.0. The predicted octanol–water partition coefficient (Wildman–Crippen LogP) is 5.54. The van der Waals surface area contributed by atoms with E-state index in [0.717, 1.165) is 36.1 Å². The fourth-order valence-corrected chi connectivity index (χ4v) is 2.57. The lowest BCUT2D eigenvalue weighted by molar-refractivity contribution is 0.791. The molecule has 22 heavy (non-hydrogen) atoms. The summed E-state index contributed by atoms with van der Waals surface area (Å²) in [7, 11) is 1.93. The molecule has 118 valence electrons. The van der Waals surface area contributed by atoms with Gasteiger partial charge in [0.25, 0.3) is 0 Å². The maximum absolute atomic E-state index is 6.34. The van der Waals surface area contributed by atoms with Gasteiger partial charge in [-0.1, -0.05) is 55.8 Å². The summed E-state index contributed by atoms with van der Waals surface area (Å²) < 4.78 is 0. The maximum atomic E-state index is 6.34. The highest BCUT2D eigenvalue weighted by atomic mass is 35.5. The minimum atomic E-state index is 0.652. The van der Waals surface area contributed by atoms with Gasteiger partial charge in [0, 0.05) is 30.7 Å². The minimum Gasteiger partial charge on any atom is -0.387 e. The molecule has 0 atom stereocenters. The SMILES string of the molecule is C=C/C=C(\C=C/C)C(/CCCC)=C(/NC)c1ccncc1Cl. The highest BCUT2D eigenvalue weighted by Gasteiger charge is 2.13. The zero-order chi connectivity index (χ0) is 16.4. The van der Waals surface area contributed by atoms with Crippen LogP contribution in [0.2, 0.25) is 5.02 Å². The first kappa shape index (κ1) is 18.2. The van der Waals surface area contributed by atoms with Crippen LogP contribution in [0.1, 0.15) is 38.7 Å². The summed E-state index contributed by atoms with van der Waals surface area (Å²) in [6.45, 7) is 8.05. The first-order valence-electron chi connectivity index (χ1n) is 7.66. The van der Waals surface area contributed by atoms with Gasteiger partial charge in [-0.3, -0.25) is 4.98 Å². The molecule has 3 heteroatoms. The van der Waals surface area contributed by atoms with Crippen LogP contribution in [0.15, 0.2) is 60.5 Å². The van der Waals surface area contributed by atoms with Gasteiger partial charge in [-0.15, -0.1) is 0 Å². The van der Waals surface area contributed by atoms with E-state index in [2.05, 4.69) is 29.9 Å². The molecule has 1 heterocycles. The van der Waals surface area contributed by atoms with Crippen molar-refractivity contribution in [3.63, 3.8) is 0 Å².